The fourth-order valence-electron chi connectivity index (χ4n) is 1.79. The molecule has 0 amide bonds. The Morgan fingerprint density at radius 2 is 2.19 bits per heavy atom. The molecule has 9 nitrogen and oxygen atoms in total. The molecule has 0 aliphatic rings. The number of tetrazole rings is 1. The Hall–Kier alpha value is -2.75. The number of benzene rings is 1. The maximum absolute atomic E-state index is 12.1. The van der Waals surface area contributed by atoms with Crippen molar-refractivity contribution in [3.63, 3.8) is 0 Å². The highest BCUT2D eigenvalue weighted by molar-refractivity contribution is 7.92. The monoisotopic (exact) mass is 305 g/mol. The Morgan fingerprint density at radius 3 is 2.86 bits per heavy atom. The van der Waals surface area contributed by atoms with Crippen molar-refractivity contribution in [2.45, 2.75) is 11.9 Å². The summed E-state index contributed by atoms with van der Waals surface area (Å²) < 4.78 is 28.2. The van der Waals surface area contributed by atoms with Crippen LogP contribution in [0.15, 0.2) is 42.1 Å². The van der Waals surface area contributed by atoms with Gasteiger partial charge < -0.3 is 4.98 Å². The van der Waals surface area contributed by atoms with Gasteiger partial charge in [-0.05, 0) is 35.0 Å². The Bertz CT molecular complexity index is 841. The van der Waals surface area contributed by atoms with Crippen LogP contribution in [0.3, 0.4) is 0 Å². The van der Waals surface area contributed by atoms with Gasteiger partial charge in [0.25, 0.3) is 10.0 Å². The van der Waals surface area contributed by atoms with E-state index in [0.717, 1.165) is 5.56 Å². The average Bonchev–Trinajstić information content (AvgIpc) is 3.13. The minimum absolute atomic E-state index is 0.00736. The number of aryl methyl sites for hydroxylation is 1. The molecule has 10 heteroatoms. The third kappa shape index (κ3) is 2.60. The van der Waals surface area contributed by atoms with Crippen molar-refractivity contribution in [3.05, 3.63) is 42.6 Å². The van der Waals surface area contributed by atoms with Gasteiger partial charge in [-0.25, -0.2) is 9.67 Å². The Kier molecular flexibility index (Phi) is 3.14. The van der Waals surface area contributed by atoms with E-state index >= 15 is 0 Å². The third-order valence-electron chi connectivity index (χ3n) is 2.82. The summed E-state index contributed by atoms with van der Waals surface area (Å²) in [5.74, 6) is 0. The van der Waals surface area contributed by atoms with Crippen molar-refractivity contribution in [2.24, 2.45) is 0 Å². The van der Waals surface area contributed by atoms with Crippen LogP contribution in [0.25, 0.3) is 5.69 Å². The van der Waals surface area contributed by atoms with Gasteiger partial charge in [0, 0.05) is 0 Å². The number of hydrogen-bond donors (Lipinski definition) is 2. The normalized spacial score (nSPS) is 11.5. The molecule has 0 fully saturated rings. The maximum atomic E-state index is 12.1. The minimum Gasteiger partial charge on any atom is -0.334 e. The van der Waals surface area contributed by atoms with Crippen LogP contribution >= 0.6 is 0 Å². The number of anilines is 1. The smallest absolute Gasteiger partial charge is 0.278 e. The van der Waals surface area contributed by atoms with E-state index in [1.165, 1.54) is 23.5 Å². The molecular formula is C11H11N7O2S. The van der Waals surface area contributed by atoms with Gasteiger partial charge in [0.2, 0.25) is 0 Å². The summed E-state index contributed by atoms with van der Waals surface area (Å²) in [5.41, 5.74) is 2.00. The molecule has 0 bridgehead atoms. The highest BCUT2D eigenvalue weighted by Crippen LogP contribution is 2.20. The standard InChI is InChI=1S/C11H11N7O2S/c1-8-2-3-9(4-10(8)18-7-14-16-17-18)15-21(19,20)11-5-12-6-13-11/h2-7,15H,1H3,(H,12,13). The molecule has 0 unspecified atom stereocenters. The average molecular weight is 305 g/mol. The fraction of sp³-hybridized carbons (Fsp3) is 0.0909. The zero-order valence-electron chi connectivity index (χ0n) is 10.9. The Balaban J connectivity index is 1.96. The summed E-state index contributed by atoms with van der Waals surface area (Å²) in [6.45, 7) is 1.88. The molecule has 108 valence electrons. The molecule has 0 aliphatic carbocycles. The van der Waals surface area contributed by atoms with Crippen LogP contribution in [0, 0.1) is 6.92 Å². The first-order valence-corrected chi connectivity index (χ1v) is 7.40. The van der Waals surface area contributed by atoms with Crippen molar-refractivity contribution in [3.8, 4) is 5.69 Å². The van der Waals surface area contributed by atoms with Gasteiger partial charge in [0.1, 0.15) is 6.33 Å². The first kappa shape index (κ1) is 13.2. The highest BCUT2D eigenvalue weighted by Gasteiger charge is 2.16. The minimum atomic E-state index is -3.70. The van der Waals surface area contributed by atoms with Crippen molar-refractivity contribution in [1.82, 2.24) is 30.2 Å². The second-order valence-corrected chi connectivity index (χ2v) is 5.93. The number of H-pyrrole nitrogens is 1. The molecule has 0 atom stereocenters. The van der Waals surface area contributed by atoms with Crippen LogP contribution in [0.1, 0.15) is 5.56 Å². The molecule has 2 aromatic heterocycles. The van der Waals surface area contributed by atoms with Crippen molar-refractivity contribution < 1.29 is 8.42 Å². The zero-order valence-corrected chi connectivity index (χ0v) is 11.7. The van der Waals surface area contributed by atoms with Crippen LogP contribution in [-0.4, -0.2) is 38.6 Å². The Labute approximate surface area is 120 Å². The second-order valence-electron chi connectivity index (χ2n) is 4.28. The van der Waals surface area contributed by atoms with E-state index in [-0.39, 0.29) is 5.03 Å². The zero-order chi connectivity index (χ0) is 14.9. The number of hydrogen-bond acceptors (Lipinski definition) is 6. The molecule has 0 radical (unpaired) electrons. The summed E-state index contributed by atoms with van der Waals surface area (Å²) in [6.07, 6.45) is 3.98. The number of imidazole rings is 1. The van der Waals surface area contributed by atoms with Crippen LogP contribution in [0.5, 0.6) is 0 Å². The molecule has 21 heavy (non-hydrogen) atoms. The predicted octanol–water partition coefficient (Wildman–Crippen LogP) is 0.495. The van der Waals surface area contributed by atoms with Crippen LogP contribution < -0.4 is 4.72 Å². The molecule has 3 rings (SSSR count). The van der Waals surface area contributed by atoms with E-state index in [2.05, 4.69) is 30.2 Å². The van der Waals surface area contributed by atoms with Gasteiger partial charge in [0.05, 0.1) is 23.9 Å². The first-order chi connectivity index (χ1) is 10.1. The molecule has 0 saturated carbocycles. The molecular weight excluding hydrogens is 294 g/mol. The van der Waals surface area contributed by atoms with Gasteiger partial charge in [-0.3, -0.25) is 4.72 Å². The van der Waals surface area contributed by atoms with Gasteiger partial charge >= 0.3 is 0 Å². The van der Waals surface area contributed by atoms with Gasteiger partial charge in [-0.15, -0.1) is 5.10 Å². The van der Waals surface area contributed by atoms with Gasteiger partial charge in [-0.2, -0.15) is 8.42 Å². The summed E-state index contributed by atoms with van der Waals surface area (Å²) in [6, 6.07) is 5.10. The first-order valence-electron chi connectivity index (χ1n) is 5.91. The summed E-state index contributed by atoms with van der Waals surface area (Å²) in [7, 11) is -3.70. The van der Waals surface area contributed by atoms with E-state index in [4.69, 9.17) is 0 Å². The van der Waals surface area contributed by atoms with Crippen LogP contribution in [-0.2, 0) is 10.0 Å². The molecule has 2 heterocycles. The van der Waals surface area contributed by atoms with E-state index in [1.54, 1.807) is 18.2 Å². The largest absolute Gasteiger partial charge is 0.334 e. The SMILES string of the molecule is Cc1ccc(NS(=O)(=O)c2cnc[nH]2)cc1-n1cnnn1. The highest BCUT2D eigenvalue weighted by atomic mass is 32.2. The molecule has 0 aliphatic heterocycles. The summed E-state index contributed by atoms with van der Waals surface area (Å²) in [5, 5.41) is 10.9. The summed E-state index contributed by atoms with van der Waals surface area (Å²) in [4.78, 5) is 6.25. The van der Waals surface area contributed by atoms with E-state index in [0.29, 0.717) is 11.4 Å². The number of nitrogens with one attached hydrogen (secondary N) is 2. The number of aromatic nitrogens is 6. The number of sulfonamides is 1. The van der Waals surface area contributed by atoms with Crippen LogP contribution in [0.4, 0.5) is 5.69 Å². The third-order valence-corrected chi connectivity index (χ3v) is 4.13. The molecule has 3 aromatic rings. The summed E-state index contributed by atoms with van der Waals surface area (Å²) >= 11 is 0. The topological polar surface area (TPSA) is 118 Å². The molecule has 0 saturated heterocycles. The van der Waals surface area contributed by atoms with Gasteiger partial charge in [0.15, 0.2) is 5.03 Å². The van der Waals surface area contributed by atoms with Crippen molar-refractivity contribution in [1.29, 1.82) is 0 Å². The lowest BCUT2D eigenvalue weighted by Crippen LogP contribution is -2.13. The predicted molar refractivity (Wildman–Crippen MR) is 73.3 cm³/mol. The molecule has 2 N–H and O–H groups in total. The van der Waals surface area contributed by atoms with E-state index < -0.39 is 10.0 Å². The number of nitrogens with zero attached hydrogens (tertiary/aromatic N) is 5. The lowest BCUT2D eigenvalue weighted by Gasteiger charge is -2.10. The Morgan fingerprint density at radius 1 is 1.33 bits per heavy atom. The molecule has 1 aromatic carbocycles. The van der Waals surface area contributed by atoms with Crippen LogP contribution in [0.2, 0.25) is 0 Å². The number of aromatic amines is 1. The van der Waals surface area contributed by atoms with Gasteiger partial charge in [-0.1, -0.05) is 6.07 Å². The number of rotatable bonds is 4. The van der Waals surface area contributed by atoms with Crippen molar-refractivity contribution >= 4 is 15.7 Å². The lowest BCUT2D eigenvalue weighted by atomic mass is 10.2. The van der Waals surface area contributed by atoms with E-state index in [1.807, 2.05) is 6.92 Å². The van der Waals surface area contributed by atoms with Crippen molar-refractivity contribution in [2.75, 3.05) is 4.72 Å². The maximum Gasteiger partial charge on any atom is 0.278 e. The molecule has 0 spiro atoms. The quantitative estimate of drug-likeness (QED) is 0.724. The second kappa shape index (κ2) is 4.98. The lowest BCUT2D eigenvalue weighted by molar-refractivity contribution is 0.598. The fourth-order valence-corrected chi connectivity index (χ4v) is 2.75. The van der Waals surface area contributed by atoms with E-state index in [9.17, 15) is 8.42 Å².